The number of aryl methyl sites for hydroxylation is 2. The van der Waals surface area contributed by atoms with Gasteiger partial charge in [-0.15, -0.1) is 0 Å². The van der Waals surface area contributed by atoms with E-state index in [-0.39, 0.29) is 12.2 Å². The second kappa shape index (κ2) is 5.32. The number of pyridine rings is 1. The quantitative estimate of drug-likeness (QED) is 0.853. The molecular formula is C14H18N4O2. The molecule has 0 spiro atoms. The number of anilines is 1. The second-order valence-corrected chi connectivity index (χ2v) is 4.71. The fourth-order valence-corrected chi connectivity index (χ4v) is 2.16. The van der Waals surface area contributed by atoms with Crippen molar-refractivity contribution in [3.8, 4) is 5.75 Å². The molecule has 0 aromatic carbocycles. The van der Waals surface area contributed by atoms with Crippen molar-refractivity contribution in [2.45, 2.75) is 20.3 Å². The van der Waals surface area contributed by atoms with Crippen molar-refractivity contribution in [3.05, 3.63) is 34.8 Å². The Hall–Kier alpha value is -2.37. The van der Waals surface area contributed by atoms with E-state index in [9.17, 15) is 4.79 Å². The summed E-state index contributed by atoms with van der Waals surface area (Å²) in [5.74, 6) is 1.03. The Morgan fingerprint density at radius 2 is 2.10 bits per heavy atom. The maximum absolute atomic E-state index is 12.3. The minimum absolute atomic E-state index is 0.0999. The van der Waals surface area contributed by atoms with Crippen LogP contribution in [0.5, 0.6) is 5.75 Å². The zero-order valence-electron chi connectivity index (χ0n) is 12.1. The third kappa shape index (κ3) is 2.36. The highest BCUT2D eigenvalue weighted by Gasteiger charge is 2.17. The van der Waals surface area contributed by atoms with E-state index < -0.39 is 0 Å². The maximum Gasteiger partial charge on any atom is 0.174 e. The Morgan fingerprint density at radius 3 is 2.65 bits per heavy atom. The fraction of sp³-hybridized carbons (Fsp3) is 0.357. The Balaban J connectivity index is 2.31. The van der Waals surface area contributed by atoms with Gasteiger partial charge in [0.1, 0.15) is 11.6 Å². The first kappa shape index (κ1) is 14.0. The standard InChI is InChI=1S/C14H18N4O2/c1-8-6-16-11(9(2)13(8)20-4)5-12(19)10-7-17-18(3)14(10)15/h6-7H,5,15H2,1-4H3. The Kier molecular flexibility index (Phi) is 3.74. The Morgan fingerprint density at radius 1 is 1.40 bits per heavy atom. The zero-order valence-corrected chi connectivity index (χ0v) is 12.1. The molecule has 0 atom stereocenters. The molecule has 0 saturated carbocycles. The van der Waals surface area contributed by atoms with Gasteiger partial charge in [-0.3, -0.25) is 14.5 Å². The highest BCUT2D eigenvalue weighted by Crippen LogP contribution is 2.25. The average Bonchev–Trinajstić information content (AvgIpc) is 2.74. The molecule has 0 unspecified atom stereocenters. The van der Waals surface area contributed by atoms with Crippen molar-refractivity contribution in [2.24, 2.45) is 7.05 Å². The van der Waals surface area contributed by atoms with Crippen molar-refractivity contribution < 1.29 is 9.53 Å². The molecule has 0 amide bonds. The highest BCUT2D eigenvalue weighted by atomic mass is 16.5. The van der Waals surface area contributed by atoms with Gasteiger partial charge in [0.2, 0.25) is 0 Å². The number of ether oxygens (including phenoxy) is 1. The van der Waals surface area contributed by atoms with Gasteiger partial charge in [0.15, 0.2) is 5.78 Å². The number of hydrogen-bond acceptors (Lipinski definition) is 5. The summed E-state index contributed by atoms with van der Waals surface area (Å²) in [6.07, 6.45) is 3.37. The predicted octanol–water partition coefficient (Wildman–Crippen LogP) is 1.45. The maximum atomic E-state index is 12.3. The number of nitrogens with zero attached hydrogens (tertiary/aromatic N) is 3. The van der Waals surface area contributed by atoms with Crippen LogP contribution in [-0.4, -0.2) is 27.7 Å². The summed E-state index contributed by atoms with van der Waals surface area (Å²) in [5.41, 5.74) is 8.75. The molecular weight excluding hydrogens is 256 g/mol. The molecule has 2 heterocycles. The van der Waals surface area contributed by atoms with Crippen molar-refractivity contribution in [1.29, 1.82) is 0 Å². The van der Waals surface area contributed by atoms with Gasteiger partial charge in [0, 0.05) is 24.4 Å². The molecule has 0 saturated heterocycles. The summed E-state index contributed by atoms with van der Waals surface area (Å²) in [5, 5.41) is 3.97. The minimum Gasteiger partial charge on any atom is -0.496 e. The van der Waals surface area contributed by atoms with Gasteiger partial charge in [-0.2, -0.15) is 5.10 Å². The highest BCUT2D eigenvalue weighted by molar-refractivity contribution is 6.01. The van der Waals surface area contributed by atoms with Gasteiger partial charge in [-0.25, -0.2) is 0 Å². The van der Waals surface area contributed by atoms with Crippen LogP contribution < -0.4 is 10.5 Å². The molecule has 2 N–H and O–H groups in total. The van der Waals surface area contributed by atoms with E-state index >= 15 is 0 Å². The molecule has 0 aliphatic heterocycles. The average molecular weight is 274 g/mol. The van der Waals surface area contributed by atoms with E-state index in [1.165, 1.54) is 10.9 Å². The lowest BCUT2D eigenvalue weighted by Gasteiger charge is -2.11. The van der Waals surface area contributed by atoms with Crippen molar-refractivity contribution in [3.63, 3.8) is 0 Å². The van der Waals surface area contributed by atoms with E-state index in [1.807, 2.05) is 13.8 Å². The molecule has 6 heteroatoms. The lowest BCUT2D eigenvalue weighted by atomic mass is 10.0. The number of aromatic nitrogens is 3. The second-order valence-electron chi connectivity index (χ2n) is 4.71. The number of Topliss-reactive ketones (excluding diaryl/α,β-unsaturated/α-hetero) is 1. The first-order chi connectivity index (χ1) is 9.45. The topological polar surface area (TPSA) is 83.0 Å². The van der Waals surface area contributed by atoms with Gasteiger partial charge in [0.05, 0.1) is 31.0 Å². The number of nitrogens with two attached hydrogens (primary N) is 1. The molecule has 2 aromatic heterocycles. The summed E-state index contributed by atoms with van der Waals surface area (Å²) in [6, 6.07) is 0. The first-order valence-corrected chi connectivity index (χ1v) is 6.25. The van der Waals surface area contributed by atoms with Crippen molar-refractivity contribution >= 4 is 11.6 Å². The van der Waals surface area contributed by atoms with Crippen LogP contribution in [-0.2, 0) is 13.5 Å². The third-order valence-electron chi connectivity index (χ3n) is 3.36. The van der Waals surface area contributed by atoms with Gasteiger partial charge >= 0.3 is 0 Å². The van der Waals surface area contributed by atoms with E-state index in [0.29, 0.717) is 17.1 Å². The number of nitrogen functional groups attached to an aromatic ring is 1. The van der Waals surface area contributed by atoms with Gasteiger partial charge < -0.3 is 10.5 Å². The summed E-state index contributed by atoms with van der Waals surface area (Å²) >= 11 is 0. The van der Waals surface area contributed by atoms with Crippen molar-refractivity contribution in [2.75, 3.05) is 12.8 Å². The number of hydrogen-bond donors (Lipinski definition) is 1. The molecule has 106 valence electrons. The lowest BCUT2D eigenvalue weighted by molar-refractivity contribution is 0.0992. The van der Waals surface area contributed by atoms with Crippen LogP contribution >= 0.6 is 0 Å². The fourth-order valence-electron chi connectivity index (χ4n) is 2.16. The number of carbonyl (C=O) groups excluding carboxylic acids is 1. The van der Waals surface area contributed by atoms with Crippen LogP contribution in [0.2, 0.25) is 0 Å². The van der Waals surface area contributed by atoms with Crippen LogP contribution in [0.4, 0.5) is 5.82 Å². The molecule has 6 nitrogen and oxygen atoms in total. The van der Waals surface area contributed by atoms with Crippen LogP contribution in [0.25, 0.3) is 0 Å². The SMILES string of the molecule is COc1c(C)cnc(CC(=O)c2cnn(C)c2N)c1C. The van der Waals surface area contributed by atoms with E-state index in [4.69, 9.17) is 10.5 Å². The molecule has 0 radical (unpaired) electrons. The normalized spacial score (nSPS) is 10.6. The summed E-state index contributed by atoms with van der Waals surface area (Å²) in [7, 11) is 3.31. The number of ketones is 1. The largest absolute Gasteiger partial charge is 0.496 e. The minimum atomic E-state index is -0.0999. The Bertz CT molecular complexity index is 661. The van der Waals surface area contributed by atoms with Crippen LogP contribution in [0.1, 0.15) is 27.2 Å². The number of methoxy groups -OCH3 is 1. The number of rotatable bonds is 4. The van der Waals surface area contributed by atoms with Gasteiger partial charge in [-0.1, -0.05) is 0 Å². The summed E-state index contributed by atoms with van der Waals surface area (Å²) in [4.78, 5) is 16.6. The summed E-state index contributed by atoms with van der Waals surface area (Å²) in [6.45, 7) is 3.82. The van der Waals surface area contributed by atoms with Crippen LogP contribution in [0.15, 0.2) is 12.4 Å². The first-order valence-electron chi connectivity index (χ1n) is 6.25. The lowest BCUT2D eigenvalue weighted by Crippen LogP contribution is -2.10. The number of carbonyl (C=O) groups is 1. The van der Waals surface area contributed by atoms with E-state index in [0.717, 1.165) is 16.9 Å². The van der Waals surface area contributed by atoms with Crippen molar-refractivity contribution in [1.82, 2.24) is 14.8 Å². The van der Waals surface area contributed by atoms with Gasteiger partial charge in [-0.05, 0) is 13.8 Å². The molecule has 2 rings (SSSR count). The van der Waals surface area contributed by atoms with E-state index in [2.05, 4.69) is 10.1 Å². The smallest absolute Gasteiger partial charge is 0.174 e. The molecule has 20 heavy (non-hydrogen) atoms. The third-order valence-corrected chi connectivity index (χ3v) is 3.36. The van der Waals surface area contributed by atoms with E-state index in [1.54, 1.807) is 20.4 Å². The molecule has 0 aliphatic carbocycles. The zero-order chi connectivity index (χ0) is 14.9. The van der Waals surface area contributed by atoms with Crippen LogP contribution in [0, 0.1) is 13.8 Å². The van der Waals surface area contributed by atoms with Gasteiger partial charge in [0.25, 0.3) is 0 Å². The monoisotopic (exact) mass is 274 g/mol. The molecule has 2 aromatic rings. The Labute approximate surface area is 117 Å². The molecule has 0 aliphatic rings. The molecule has 0 bridgehead atoms. The predicted molar refractivity (Wildman–Crippen MR) is 75.9 cm³/mol. The molecule has 0 fully saturated rings. The van der Waals surface area contributed by atoms with Crippen LogP contribution in [0.3, 0.4) is 0 Å². The summed E-state index contributed by atoms with van der Waals surface area (Å²) < 4.78 is 6.81.